The summed E-state index contributed by atoms with van der Waals surface area (Å²) in [7, 11) is 1.73. The van der Waals surface area contributed by atoms with Gasteiger partial charge < -0.3 is 25.0 Å². The average Bonchev–Trinajstić information content (AvgIpc) is 3.24. The van der Waals surface area contributed by atoms with E-state index in [1.807, 2.05) is 6.92 Å². The highest BCUT2D eigenvalue weighted by molar-refractivity contribution is 5.97. The number of amides is 2. The van der Waals surface area contributed by atoms with Gasteiger partial charge >= 0.3 is 0 Å². The van der Waals surface area contributed by atoms with Gasteiger partial charge in [0.15, 0.2) is 11.9 Å². The molecule has 1 heterocycles. The van der Waals surface area contributed by atoms with E-state index in [2.05, 4.69) is 36.6 Å². The van der Waals surface area contributed by atoms with E-state index in [1.54, 1.807) is 43.5 Å². The van der Waals surface area contributed by atoms with Crippen LogP contribution in [0.2, 0.25) is 0 Å². The molecular formula is C26H39N3O5. The Morgan fingerprint density at radius 2 is 1.88 bits per heavy atom. The summed E-state index contributed by atoms with van der Waals surface area (Å²) < 4.78 is 10.9. The van der Waals surface area contributed by atoms with Gasteiger partial charge in [0.25, 0.3) is 5.91 Å². The molecule has 3 atom stereocenters. The van der Waals surface area contributed by atoms with Crippen molar-refractivity contribution < 1.29 is 24.0 Å². The first-order valence-electron chi connectivity index (χ1n) is 12.0. The van der Waals surface area contributed by atoms with Crippen molar-refractivity contribution in [3.05, 3.63) is 47.7 Å². The molecule has 0 spiro atoms. The Balaban J connectivity index is 1.88. The SMILES string of the molecule is CCCC(NC(=O)C(O)c1ccccc1)C(=O)Nc1cc(CC(C)CCCC(C)(C)OC)on1. The molecule has 3 unspecified atom stereocenters. The van der Waals surface area contributed by atoms with E-state index in [4.69, 9.17) is 9.26 Å². The number of aliphatic hydroxyl groups excluding tert-OH is 1. The number of nitrogens with one attached hydrogen (secondary N) is 2. The minimum atomic E-state index is -1.34. The van der Waals surface area contributed by atoms with E-state index in [-0.39, 0.29) is 5.60 Å². The minimum Gasteiger partial charge on any atom is -0.379 e. The number of rotatable bonds is 14. The maximum absolute atomic E-state index is 12.8. The number of ether oxygens (including phenoxy) is 1. The number of nitrogens with zero attached hydrogens (tertiary/aromatic N) is 1. The van der Waals surface area contributed by atoms with Gasteiger partial charge in [-0.3, -0.25) is 9.59 Å². The van der Waals surface area contributed by atoms with Crippen molar-refractivity contribution in [1.82, 2.24) is 10.5 Å². The standard InChI is InChI=1S/C26H39N3O5/c1-6-11-21(27-25(32)23(30)19-13-8-7-9-14-19)24(31)28-22-17-20(34-29-22)16-18(2)12-10-15-26(3,4)33-5/h7-9,13-14,17-18,21,23,30H,6,10-12,15-16H2,1-5H3,(H,27,32)(H,28,29,31). The zero-order valence-electron chi connectivity index (χ0n) is 21.0. The predicted octanol–water partition coefficient (Wildman–Crippen LogP) is 4.41. The highest BCUT2D eigenvalue weighted by Crippen LogP contribution is 2.22. The van der Waals surface area contributed by atoms with Gasteiger partial charge in [-0.05, 0) is 38.2 Å². The Morgan fingerprint density at radius 1 is 1.18 bits per heavy atom. The summed E-state index contributed by atoms with van der Waals surface area (Å²) in [5.41, 5.74) is 0.349. The van der Waals surface area contributed by atoms with Gasteiger partial charge in [-0.25, -0.2) is 0 Å². The van der Waals surface area contributed by atoms with Crippen LogP contribution in [0.3, 0.4) is 0 Å². The van der Waals surface area contributed by atoms with Crippen molar-refractivity contribution in [3.63, 3.8) is 0 Å². The van der Waals surface area contributed by atoms with Gasteiger partial charge in [-0.15, -0.1) is 0 Å². The number of aromatic nitrogens is 1. The van der Waals surface area contributed by atoms with Crippen LogP contribution in [-0.2, 0) is 20.7 Å². The van der Waals surface area contributed by atoms with Crippen molar-refractivity contribution >= 4 is 17.6 Å². The summed E-state index contributed by atoms with van der Waals surface area (Å²) in [5.74, 6) is 0.392. The van der Waals surface area contributed by atoms with E-state index >= 15 is 0 Å². The molecule has 0 radical (unpaired) electrons. The Bertz CT molecular complexity index is 897. The predicted molar refractivity (Wildman–Crippen MR) is 131 cm³/mol. The van der Waals surface area contributed by atoms with Crippen LogP contribution in [0, 0.1) is 5.92 Å². The van der Waals surface area contributed by atoms with Crippen molar-refractivity contribution in [2.75, 3.05) is 12.4 Å². The summed E-state index contributed by atoms with van der Waals surface area (Å²) in [5, 5.41) is 19.6. The zero-order valence-corrected chi connectivity index (χ0v) is 21.0. The number of hydrogen-bond acceptors (Lipinski definition) is 6. The van der Waals surface area contributed by atoms with Gasteiger partial charge in [0.1, 0.15) is 11.8 Å². The maximum atomic E-state index is 12.8. The van der Waals surface area contributed by atoms with Crippen molar-refractivity contribution in [2.45, 2.75) is 84.0 Å². The van der Waals surface area contributed by atoms with Crippen LogP contribution >= 0.6 is 0 Å². The Labute approximate surface area is 202 Å². The van der Waals surface area contributed by atoms with Crippen molar-refractivity contribution in [1.29, 1.82) is 0 Å². The van der Waals surface area contributed by atoms with Crippen LogP contribution in [0.4, 0.5) is 5.82 Å². The van der Waals surface area contributed by atoms with Gasteiger partial charge in [0.05, 0.1) is 5.60 Å². The van der Waals surface area contributed by atoms with Crippen LogP contribution < -0.4 is 10.6 Å². The molecule has 8 nitrogen and oxygen atoms in total. The molecule has 1 aromatic heterocycles. The molecule has 2 amide bonds. The number of carbonyl (C=O) groups excluding carboxylic acids is 2. The zero-order chi connectivity index (χ0) is 25.1. The van der Waals surface area contributed by atoms with E-state index in [0.29, 0.717) is 42.3 Å². The molecule has 0 aliphatic rings. The van der Waals surface area contributed by atoms with Crippen LogP contribution in [0.5, 0.6) is 0 Å². The number of carbonyl (C=O) groups is 2. The third-order valence-electron chi connectivity index (χ3n) is 5.96. The fraction of sp³-hybridized carbons (Fsp3) is 0.577. The van der Waals surface area contributed by atoms with E-state index in [9.17, 15) is 14.7 Å². The molecule has 0 bridgehead atoms. The number of benzene rings is 1. The fourth-order valence-corrected chi connectivity index (χ4v) is 3.70. The van der Waals surface area contributed by atoms with E-state index in [0.717, 1.165) is 19.3 Å². The average molecular weight is 474 g/mol. The Hall–Kier alpha value is -2.71. The molecule has 2 aromatic rings. The smallest absolute Gasteiger partial charge is 0.254 e. The highest BCUT2D eigenvalue weighted by atomic mass is 16.5. The molecule has 0 aliphatic carbocycles. The molecule has 2 rings (SSSR count). The molecule has 0 saturated carbocycles. The van der Waals surface area contributed by atoms with Crippen LogP contribution in [0.25, 0.3) is 0 Å². The second-order valence-corrected chi connectivity index (χ2v) is 9.50. The first-order chi connectivity index (χ1) is 16.1. The summed E-state index contributed by atoms with van der Waals surface area (Å²) >= 11 is 0. The van der Waals surface area contributed by atoms with Gasteiger partial charge in [-0.2, -0.15) is 0 Å². The van der Waals surface area contributed by atoms with Gasteiger partial charge in [0, 0.05) is 19.6 Å². The van der Waals surface area contributed by atoms with Crippen molar-refractivity contribution in [3.8, 4) is 0 Å². The second kappa shape index (κ2) is 13.2. The Morgan fingerprint density at radius 3 is 2.53 bits per heavy atom. The third-order valence-corrected chi connectivity index (χ3v) is 5.96. The first kappa shape index (κ1) is 27.5. The third kappa shape index (κ3) is 8.91. The molecule has 0 saturated heterocycles. The van der Waals surface area contributed by atoms with Crippen LogP contribution in [-0.4, -0.2) is 40.8 Å². The van der Waals surface area contributed by atoms with E-state index in [1.165, 1.54) is 0 Å². The van der Waals surface area contributed by atoms with Crippen molar-refractivity contribution in [2.24, 2.45) is 5.92 Å². The lowest BCUT2D eigenvalue weighted by Crippen LogP contribution is -2.45. The lowest BCUT2D eigenvalue weighted by atomic mass is 9.94. The Kier molecular flexibility index (Phi) is 10.7. The molecule has 8 heteroatoms. The first-order valence-corrected chi connectivity index (χ1v) is 12.0. The molecular weight excluding hydrogens is 434 g/mol. The van der Waals surface area contributed by atoms with Gasteiger partial charge in [-0.1, -0.05) is 68.6 Å². The topological polar surface area (TPSA) is 114 Å². The lowest BCUT2D eigenvalue weighted by molar-refractivity contribution is -0.133. The van der Waals surface area contributed by atoms with E-state index < -0.39 is 24.0 Å². The summed E-state index contributed by atoms with van der Waals surface area (Å²) in [6.45, 7) is 8.24. The second-order valence-electron chi connectivity index (χ2n) is 9.50. The molecule has 188 valence electrons. The quantitative estimate of drug-likeness (QED) is 0.375. The molecule has 34 heavy (non-hydrogen) atoms. The molecule has 0 fully saturated rings. The lowest BCUT2D eigenvalue weighted by Gasteiger charge is -2.23. The fourth-order valence-electron chi connectivity index (χ4n) is 3.70. The largest absolute Gasteiger partial charge is 0.379 e. The monoisotopic (exact) mass is 473 g/mol. The molecule has 3 N–H and O–H groups in total. The summed E-state index contributed by atoms with van der Waals surface area (Å²) in [4.78, 5) is 25.3. The summed E-state index contributed by atoms with van der Waals surface area (Å²) in [6, 6.07) is 9.54. The highest BCUT2D eigenvalue weighted by Gasteiger charge is 2.25. The summed E-state index contributed by atoms with van der Waals surface area (Å²) in [6.07, 6.45) is 3.54. The number of hydrogen-bond donors (Lipinski definition) is 3. The van der Waals surface area contributed by atoms with Gasteiger partial charge in [0.2, 0.25) is 5.91 Å². The normalized spacial score (nSPS) is 14.3. The maximum Gasteiger partial charge on any atom is 0.254 e. The van der Waals surface area contributed by atoms with Crippen LogP contribution in [0.1, 0.15) is 77.2 Å². The number of aliphatic hydroxyl groups is 1. The number of anilines is 1. The molecule has 1 aromatic carbocycles. The number of methoxy groups -OCH3 is 1. The minimum absolute atomic E-state index is 0.120. The molecule has 0 aliphatic heterocycles. The van der Waals surface area contributed by atoms with Crippen LogP contribution in [0.15, 0.2) is 40.9 Å².